The Morgan fingerprint density at radius 1 is 1.32 bits per heavy atom. The first kappa shape index (κ1) is 15.1. The summed E-state index contributed by atoms with van der Waals surface area (Å²) < 4.78 is 5.16. The highest BCUT2D eigenvalue weighted by Gasteiger charge is 2.29. The van der Waals surface area contributed by atoms with Crippen molar-refractivity contribution < 1.29 is 9.53 Å². The van der Waals surface area contributed by atoms with Gasteiger partial charge in [-0.1, -0.05) is 18.2 Å². The molecule has 0 radical (unpaired) electrons. The van der Waals surface area contributed by atoms with Crippen LogP contribution < -0.4 is 4.74 Å². The van der Waals surface area contributed by atoms with Crippen molar-refractivity contribution in [2.45, 2.75) is 31.7 Å². The van der Waals surface area contributed by atoms with Crippen molar-refractivity contribution in [1.82, 2.24) is 4.90 Å². The number of carbonyl (C=O) groups is 1. The van der Waals surface area contributed by atoms with Crippen LogP contribution in [0.15, 0.2) is 41.8 Å². The van der Waals surface area contributed by atoms with Gasteiger partial charge < -0.3 is 9.64 Å². The third kappa shape index (κ3) is 3.33. The van der Waals surface area contributed by atoms with E-state index in [2.05, 4.69) is 22.4 Å². The fourth-order valence-corrected chi connectivity index (χ4v) is 3.90. The number of hydrogen-bond donors (Lipinski definition) is 0. The SMILES string of the molecule is COc1ccc(CCC(=O)N2CCC[C@@H]2c2cccs2)cc1. The maximum Gasteiger partial charge on any atom is 0.223 e. The summed E-state index contributed by atoms with van der Waals surface area (Å²) in [6.07, 6.45) is 3.57. The minimum atomic E-state index is 0.270. The van der Waals surface area contributed by atoms with E-state index in [0.29, 0.717) is 12.5 Å². The average molecular weight is 315 g/mol. The van der Waals surface area contributed by atoms with Crippen molar-refractivity contribution >= 4 is 17.2 Å². The van der Waals surface area contributed by atoms with Crippen molar-refractivity contribution in [2.75, 3.05) is 13.7 Å². The van der Waals surface area contributed by atoms with Gasteiger partial charge in [0.15, 0.2) is 0 Å². The molecule has 1 saturated heterocycles. The van der Waals surface area contributed by atoms with Gasteiger partial charge in [0.2, 0.25) is 5.91 Å². The highest BCUT2D eigenvalue weighted by molar-refractivity contribution is 7.10. The zero-order valence-corrected chi connectivity index (χ0v) is 13.6. The Morgan fingerprint density at radius 2 is 2.14 bits per heavy atom. The highest BCUT2D eigenvalue weighted by Crippen LogP contribution is 2.34. The molecule has 3 rings (SSSR count). The molecule has 116 valence electrons. The number of methoxy groups -OCH3 is 1. The second-order valence-electron chi connectivity index (χ2n) is 5.61. The summed E-state index contributed by atoms with van der Waals surface area (Å²) in [5.74, 6) is 1.12. The van der Waals surface area contributed by atoms with Crippen LogP contribution in [0.2, 0.25) is 0 Å². The predicted octanol–water partition coefficient (Wildman–Crippen LogP) is 4.05. The van der Waals surface area contributed by atoms with E-state index >= 15 is 0 Å². The van der Waals surface area contributed by atoms with Gasteiger partial charge in [0, 0.05) is 17.8 Å². The largest absolute Gasteiger partial charge is 0.497 e. The van der Waals surface area contributed by atoms with Crippen LogP contribution in [0.3, 0.4) is 0 Å². The Balaban J connectivity index is 1.59. The van der Waals surface area contributed by atoms with Crippen LogP contribution in [0.1, 0.15) is 35.7 Å². The lowest BCUT2D eigenvalue weighted by atomic mass is 10.1. The molecule has 0 saturated carbocycles. The number of benzene rings is 1. The van der Waals surface area contributed by atoms with Gasteiger partial charge in [-0.3, -0.25) is 4.79 Å². The number of rotatable bonds is 5. The first-order valence-corrected chi connectivity index (χ1v) is 8.61. The maximum atomic E-state index is 12.6. The van der Waals surface area contributed by atoms with Crippen molar-refractivity contribution in [2.24, 2.45) is 0 Å². The van der Waals surface area contributed by atoms with E-state index in [1.165, 1.54) is 10.4 Å². The van der Waals surface area contributed by atoms with E-state index in [1.807, 2.05) is 24.3 Å². The molecule has 0 unspecified atom stereocenters. The molecule has 22 heavy (non-hydrogen) atoms. The quantitative estimate of drug-likeness (QED) is 0.833. The van der Waals surface area contributed by atoms with Crippen LogP contribution >= 0.6 is 11.3 Å². The van der Waals surface area contributed by atoms with Crippen molar-refractivity contribution in [3.8, 4) is 5.75 Å². The molecule has 2 heterocycles. The molecule has 0 aliphatic carbocycles. The van der Waals surface area contributed by atoms with Crippen molar-refractivity contribution in [3.63, 3.8) is 0 Å². The first-order valence-electron chi connectivity index (χ1n) is 7.74. The van der Waals surface area contributed by atoms with Gasteiger partial charge in [0.1, 0.15) is 5.75 Å². The monoisotopic (exact) mass is 315 g/mol. The van der Waals surface area contributed by atoms with Crippen LogP contribution in [0.4, 0.5) is 0 Å². The van der Waals surface area contributed by atoms with Gasteiger partial charge in [-0.2, -0.15) is 0 Å². The summed E-state index contributed by atoms with van der Waals surface area (Å²) in [4.78, 5) is 15.9. The molecular weight excluding hydrogens is 294 g/mol. The van der Waals surface area contributed by atoms with Crippen LogP contribution in [0, 0.1) is 0 Å². The summed E-state index contributed by atoms with van der Waals surface area (Å²) in [5, 5.41) is 2.09. The molecule has 3 nitrogen and oxygen atoms in total. The van der Waals surface area contributed by atoms with Crippen LogP contribution in [0.25, 0.3) is 0 Å². The molecule has 4 heteroatoms. The van der Waals surface area contributed by atoms with Crippen LogP contribution in [0.5, 0.6) is 5.75 Å². The normalized spacial score (nSPS) is 17.7. The van der Waals surface area contributed by atoms with Crippen molar-refractivity contribution in [3.05, 3.63) is 52.2 Å². The highest BCUT2D eigenvalue weighted by atomic mass is 32.1. The summed E-state index contributed by atoms with van der Waals surface area (Å²) in [6, 6.07) is 12.5. The van der Waals surface area contributed by atoms with E-state index in [-0.39, 0.29) is 5.91 Å². The van der Waals surface area contributed by atoms with E-state index in [0.717, 1.165) is 31.6 Å². The Labute approximate surface area is 135 Å². The number of ether oxygens (including phenoxy) is 1. The second kappa shape index (κ2) is 6.97. The minimum absolute atomic E-state index is 0.270. The lowest BCUT2D eigenvalue weighted by molar-refractivity contribution is -0.132. The number of hydrogen-bond acceptors (Lipinski definition) is 3. The molecule has 1 aromatic heterocycles. The van der Waals surface area contributed by atoms with Gasteiger partial charge in [-0.25, -0.2) is 0 Å². The standard InChI is InChI=1S/C18H21NO2S/c1-21-15-9-6-14(7-10-15)8-11-18(20)19-12-2-4-16(19)17-5-3-13-22-17/h3,5-7,9-10,13,16H,2,4,8,11-12H2,1H3/t16-/m1/s1. The third-order valence-electron chi connectivity index (χ3n) is 4.23. The Hall–Kier alpha value is -1.81. The number of aryl methyl sites for hydroxylation is 1. The van der Waals surface area contributed by atoms with E-state index in [1.54, 1.807) is 18.4 Å². The van der Waals surface area contributed by atoms with Crippen molar-refractivity contribution in [1.29, 1.82) is 0 Å². The number of likely N-dealkylation sites (tertiary alicyclic amines) is 1. The van der Waals surface area contributed by atoms with E-state index < -0.39 is 0 Å². The first-order chi connectivity index (χ1) is 10.8. The Morgan fingerprint density at radius 3 is 2.82 bits per heavy atom. The van der Waals surface area contributed by atoms with E-state index in [4.69, 9.17) is 4.74 Å². The smallest absolute Gasteiger partial charge is 0.223 e. The topological polar surface area (TPSA) is 29.5 Å². The molecular formula is C18H21NO2S. The van der Waals surface area contributed by atoms with Gasteiger partial charge in [-0.15, -0.1) is 11.3 Å². The molecule has 1 aromatic carbocycles. The molecule has 0 N–H and O–H groups in total. The zero-order valence-electron chi connectivity index (χ0n) is 12.8. The molecule has 1 aliphatic heterocycles. The average Bonchev–Trinajstić information content (AvgIpc) is 3.23. The van der Waals surface area contributed by atoms with Gasteiger partial charge in [0.25, 0.3) is 0 Å². The molecule has 0 spiro atoms. The van der Waals surface area contributed by atoms with E-state index in [9.17, 15) is 4.79 Å². The maximum absolute atomic E-state index is 12.6. The fourth-order valence-electron chi connectivity index (χ4n) is 3.03. The van der Waals surface area contributed by atoms with Crippen LogP contribution in [-0.2, 0) is 11.2 Å². The number of thiophene rings is 1. The molecule has 1 atom stereocenters. The van der Waals surface area contributed by atoms with Gasteiger partial charge in [0.05, 0.1) is 13.2 Å². The number of amides is 1. The lowest BCUT2D eigenvalue weighted by Crippen LogP contribution is -2.30. The molecule has 1 amide bonds. The second-order valence-corrected chi connectivity index (χ2v) is 6.59. The minimum Gasteiger partial charge on any atom is -0.497 e. The fraction of sp³-hybridized carbons (Fsp3) is 0.389. The number of nitrogens with zero attached hydrogens (tertiary/aromatic N) is 1. The lowest BCUT2D eigenvalue weighted by Gasteiger charge is -2.24. The van der Waals surface area contributed by atoms with Gasteiger partial charge in [-0.05, 0) is 48.4 Å². The molecule has 0 bridgehead atoms. The summed E-state index contributed by atoms with van der Waals surface area (Å²) in [5.41, 5.74) is 1.18. The predicted molar refractivity (Wildman–Crippen MR) is 89.3 cm³/mol. The Bertz CT molecular complexity index is 607. The third-order valence-corrected chi connectivity index (χ3v) is 5.20. The summed E-state index contributed by atoms with van der Waals surface area (Å²) in [6.45, 7) is 0.893. The zero-order chi connectivity index (χ0) is 15.4. The molecule has 1 aliphatic rings. The van der Waals surface area contributed by atoms with Gasteiger partial charge >= 0.3 is 0 Å². The van der Waals surface area contributed by atoms with Crippen LogP contribution in [-0.4, -0.2) is 24.5 Å². The Kier molecular flexibility index (Phi) is 4.78. The summed E-state index contributed by atoms with van der Waals surface area (Å²) >= 11 is 1.75. The summed E-state index contributed by atoms with van der Waals surface area (Å²) in [7, 11) is 1.66. The molecule has 2 aromatic rings. The molecule has 1 fully saturated rings. The number of carbonyl (C=O) groups excluding carboxylic acids is 1.